The Morgan fingerprint density at radius 3 is 2.12 bits per heavy atom. The number of hydrogen-bond donors (Lipinski definition) is 1. The molecule has 0 aromatic heterocycles. The zero-order valence-corrected chi connectivity index (χ0v) is 17.2. The Labute approximate surface area is 149 Å². The van der Waals surface area contributed by atoms with Crippen LogP contribution < -0.4 is 4.72 Å². The second kappa shape index (κ2) is 7.38. The molecular weight excluding hydrogens is 371 g/mol. The molecule has 0 radical (unpaired) electrons. The van der Waals surface area contributed by atoms with Crippen LogP contribution in [0.3, 0.4) is 0 Å². The maximum Gasteiger partial charge on any atom is 0.511 e. The first-order chi connectivity index (χ1) is 11.1. The van der Waals surface area contributed by atoms with Gasteiger partial charge in [0.15, 0.2) is 8.32 Å². The lowest BCUT2D eigenvalue weighted by atomic mass is 10.0. The molecule has 0 bridgehead atoms. The number of rotatable bonds is 6. The Morgan fingerprint density at radius 1 is 1.16 bits per heavy atom. The molecule has 1 rings (SSSR count). The molecule has 0 saturated heterocycles. The minimum absolute atomic E-state index is 0.147. The fraction of sp³-hybridized carbons (Fsp3) is 0.625. The third kappa shape index (κ3) is 5.53. The van der Waals surface area contributed by atoms with E-state index in [9.17, 15) is 21.6 Å². The molecular formula is C16H26F3NO3SSi. The number of halogens is 3. The van der Waals surface area contributed by atoms with Crippen LogP contribution in [0.5, 0.6) is 0 Å². The molecule has 1 aromatic rings. The molecule has 1 atom stereocenters. The van der Waals surface area contributed by atoms with E-state index in [1.165, 1.54) is 0 Å². The Hall–Kier alpha value is -0.903. The van der Waals surface area contributed by atoms with Crippen LogP contribution in [-0.2, 0) is 14.4 Å². The van der Waals surface area contributed by atoms with Crippen LogP contribution >= 0.6 is 0 Å². The summed E-state index contributed by atoms with van der Waals surface area (Å²) in [6.07, 6.45) is 0. The lowest BCUT2D eigenvalue weighted by molar-refractivity contribution is -0.0452. The molecule has 25 heavy (non-hydrogen) atoms. The Morgan fingerprint density at radius 2 is 1.68 bits per heavy atom. The highest BCUT2D eigenvalue weighted by atomic mass is 32.2. The fourth-order valence-electron chi connectivity index (χ4n) is 1.93. The predicted molar refractivity (Wildman–Crippen MR) is 95.2 cm³/mol. The second-order valence-corrected chi connectivity index (χ2v) is 14.1. The zero-order valence-electron chi connectivity index (χ0n) is 15.4. The number of alkyl halides is 3. The van der Waals surface area contributed by atoms with Gasteiger partial charge in [-0.1, -0.05) is 45.0 Å². The van der Waals surface area contributed by atoms with Crippen LogP contribution in [0.15, 0.2) is 24.3 Å². The van der Waals surface area contributed by atoms with Crippen molar-refractivity contribution in [1.29, 1.82) is 0 Å². The highest BCUT2D eigenvalue weighted by Crippen LogP contribution is 2.37. The van der Waals surface area contributed by atoms with Gasteiger partial charge >= 0.3 is 15.5 Å². The summed E-state index contributed by atoms with van der Waals surface area (Å²) in [6, 6.07) is 5.61. The Bertz CT molecular complexity index is 697. The van der Waals surface area contributed by atoms with Crippen LogP contribution in [0.2, 0.25) is 18.1 Å². The van der Waals surface area contributed by atoms with E-state index in [1.807, 2.05) is 33.9 Å². The van der Waals surface area contributed by atoms with Gasteiger partial charge in [0.05, 0.1) is 12.6 Å². The van der Waals surface area contributed by atoms with Gasteiger partial charge in [-0.15, -0.1) is 0 Å². The van der Waals surface area contributed by atoms with Crippen molar-refractivity contribution >= 4 is 18.3 Å². The molecule has 0 spiro atoms. The van der Waals surface area contributed by atoms with Gasteiger partial charge < -0.3 is 4.43 Å². The summed E-state index contributed by atoms with van der Waals surface area (Å²) in [5, 5.41) is -0.147. The van der Waals surface area contributed by atoms with Crippen LogP contribution in [0.4, 0.5) is 13.2 Å². The van der Waals surface area contributed by atoms with Gasteiger partial charge in [-0.05, 0) is 36.2 Å². The van der Waals surface area contributed by atoms with Gasteiger partial charge in [0, 0.05) is 0 Å². The van der Waals surface area contributed by atoms with Gasteiger partial charge in [0.1, 0.15) is 0 Å². The number of benzene rings is 1. The number of nitrogens with one attached hydrogen (secondary N) is 1. The first kappa shape index (κ1) is 22.1. The number of hydrogen-bond acceptors (Lipinski definition) is 3. The maximum absolute atomic E-state index is 12.8. The Balaban J connectivity index is 3.16. The largest absolute Gasteiger partial charge is 0.511 e. The molecule has 0 aliphatic rings. The van der Waals surface area contributed by atoms with E-state index in [-0.39, 0.29) is 11.6 Å². The molecule has 1 aromatic carbocycles. The van der Waals surface area contributed by atoms with Crippen molar-refractivity contribution in [3.8, 4) is 0 Å². The molecule has 4 nitrogen and oxygen atoms in total. The maximum atomic E-state index is 12.8. The van der Waals surface area contributed by atoms with E-state index in [4.69, 9.17) is 4.43 Å². The van der Waals surface area contributed by atoms with Crippen molar-refractivity contribution < 1.29 is 26.0 Å². The van der Waals surface area contributed by atoms with Gasteiger partial charge in [0.2, 0.25) is 0 Å². The van der Waals surface area contributed by atoms with Gasteiger partial charge in [0.25, 0.3) is 0 Å². The monoisotopic (exact) mass is 397 g/mol. The van der Waals surface area contributed by atoms with Crippen LogP contribution in [0, 0.1) is 6.92 Å². The molecule has 0 unspecified atom stereocenters. The van der Waals surface area contributed by atoms with Crippen molar-refractivity contribution in [2.75, 3.05) is 6.61 Å². The van der Waals surface area contributed by atoms with Crippen molar-refractivity contribution in [2.45, 2.75) is 57.4 Å². The summed E-state index contributed by atoms with van der Waals surface area (Å²) in [4.78, 5) is 0. The molecule has 1 N–H and O–H groups in total. The summed E-state index contributed by atoms with van der Waals surface area (Å²) < 4.78 is 69.3. The van der Waals surface area contributed by atoms with E-state index >= 15 is 0 Å². The summed E-state index contributed by atoms with van der Waals surface area (Å²) >= 11 is 0. The van der Waals surface area contributed by atoms with E-state index in [0.717, 1.165) is 0 Å². The van der Waals surface area contributed by atoms with Crippen molar-refractivity contribution in [2.24, 2.45) is 0 Å². The second-order valence-electron chi connectivity index (χ2n) is 7.55. The predicted octanol–water partition coefficient (Wildman–Crippen LogP) is 4.50. The third-order valence-electron chi connectivity index (χ3n) is 4.58. The van der Waals surface area contributed by atoms with Crippen molar-refractivity contribution in [1.82, 2.24) is 4.72 Å². The molecule has 0 amide bonds. The molecule has 0 fully saturated rings. The van der Waals surface area contributed by atoms with E-state index < -0.39 is 29.9 Å². The van der Waals surface area contributed by atoms with E-state index in [0.29, 0.717) is 11.1 Å². The topological polar surface area (TPSA) is 55.4 Å². The molecule has 0 aliphatic heterocycles. The number of aryl methyl sites for hydroxylation is 1. The lowest BCUT2D eigenvalue weighted by Gasteiger charge is -2.37. The summed E-state index contributed by atoms with van der Waals surface area (Å²) in [5.41, 5.74) is -4.21. The van der Waals surface area contributed by atoms with E-state index in [2.05, 4.69) is 0 Å². The van der Waals surface area contributed by atoms with Gasteiger partial charge in [-0.3, -0.25) is 0 Å². The average molecular weight is 398 g/mol. The standard InChI is InChI=1S/C16H26F3NO3SSi/c1-12-9-7-8-10-13(12)14(20-24(21,22)16(17,18)19)11-23-25(5,6)15(2,3)4/h7-10,14,20H,11H2,1-6H3/t14-/m0/s1. The smallest absolute Gasteiger partial charge is 0.415 e. The SMILES string of the molecule is Cc1ccccc1[C@H](CO[Si](C)(C)C(C)(C)C)NS(=O)(=O)C(F)(F)F. The summed E-state index contributed by atoms with van der Waals surface area (Å²) in [7, 11) is -7.73. The summed E-state index contributed by atoms with van der Waals surface area (Å²) in [5.74, 6) is 0. The highest BCUT2D eigenvalue weighted by molar-refractivity contribution is 7.90. The normalized spacial score (nSPS) is 15.2. The quantitative estimate of drug-likeness (QED) is 0.719. The minimum Gasteiger partial charge on any atom is -0.415 e. The summed E-state index contributed by atoms with van der Waals surface area (Å²) in [6.45, 7) is 11.5. The fourth-order valence-corrected chi connectivity index (χ4v) is 3.65. The molecule has 9 heteroatoms. The Kier molecular flexibility index (Phi) is 6.53. The first-order valence-electron chi connectivity index (χ1n) is 7.86. The number of sulfonamides is 1. The van der Waals surface area contributed by atoms with Crippen molar-refractivity contribution in [3.05, 3.63) is 35.4 Å². The molecule has 144 valence electrons. The third-order valence-corrected chi connectivity index (χ3v) is 10.3. The average Bonchev–Trinajstić information content (AvgIpc) is 2.41. The van der Waals surface area contributed by atoms with Gasteiger partial charge in [-0.2, -0.15) is 17.9 Å². The molecule has 0 aliphatic carbocycles. The zero-order chi connectivity index (χ0) is 19.7. The van der Waals surface area contributed by atoms with Crippen molar-refractivity contribution in [3.63, 3.8) is 0 Å². The lowest BCUT2D eigenvalue weighted by Crippen LogP contribution is -2.45. The molecule has 0 heterocycles. The highest BCUT2D eigenvalue weighted by Gasteiger charge is 2.47. The minimum atomic E-state index is -5.48. The van der Waals surface area contributed by atoms with Crippen LogP contribution in [-0.4, -0.2) is 28.9 Å². The van der Waals surface area contributed by atoms with Crippen LogP contribution in [0.25, 0.3) is 0 Å². The first-order valence-corrected chi connectivity index (χ1v) is 12.3. The molecule has 0 saturated carbocycles. The van der Waals surface area contributed by atoms with Gasteiger partial charge in [-0.25, -0.2) is 8.42 Å². The van der Waals surface area contributed by atoms with E-state index in [1.54, 1.807) is 35.9 Å². The van der Waals surface area contributed by atoms with Crippen LogP contribution in [0.1, 0.15) is 37.9 Å².